The SMILES string of the molecule is N[C@H](CCO)c1cc(Cl)ccc1[N+](=O)[O-]. The first kappa shape index (κ1) is 11.9. The zero-order chi connectivity index (χ0) is 11.4. The smallest absolute Gasteiger partial charge is 0.274 e. The fraction of sp³-hybridized carbons (Fsp3) is 0.333. The van der Waals surface area contributed by atoms with Gasteiger partial charge in [0.2, 0.25) is 0 Å². The molecule has 0 saturated heterocycles. The largest absolute Gasteiger partial charge is 0.396 e. The number of nitrogens with two attached hydrogens (primary N) is 1. The standard InChI is InChI=1S/C9H11ClN2O3/c10-6-1-2-9(12(14)15)7(5-6)8(11)3-4-13/h1-2,5,8,13H,3-4,11H2/t8-/m1/s1. The van der Waals surface area contributed by atoms with E-state index in [-0.39, 0.29) is 18.7 Å². The number of aliphatic hydroxyl groups excluding tert-OH is 1. The molecular formula is C9H11ClN2O3. The molecule has 0 fully saturated rings. The molecule has 0 amide bonds. The molecule has 82 valence electrons. The quantitative estimate of drug-likeness (QED) is 0.608. The first-order valence-electron chi connectivity index (χ1n) is 4.36. The van der Waals surface area contributed by atoms with Crippen LogP contribution in [0.25, 0.3) is 0 Å². The van der Waals surface area contributed by atoms with Gasteiger partial charge in [0.15, 0.2) is 0 Å². The molecule has 0 spiro atoms. The van der Waals surface area contributed by atoms with E-state index < -0.39 is 11.0 Å². The molecule has 0 radical (unpaired) electrons. The maximum Gasteiger partial charge on any atom is 0.274 e. The summed E-state index contributed by atoms with van der Waals surface area (Å²) in [5.41, 5.74) is 5.97. The van der Waals surface area contributed by atoms with Gasteiger partial charge in [-0.1, -0.05) is 11.6 Å². The van der Waals surface area contributed by atoms with Crippen LogP contribution in [-0.4, -0.2) is 16.6 Å². The predicted octanol–water partition coefficient (Wildman–Crippen LogP) is 1.63. The number of hydrogen-bond acceptors (Lipinski definition) is 4. The van der Waals surface area contributed by atoms with Crippen molar-refractivity contribution in [1.29, 1.82) is 0 Å². The van der Waals surface area contributed by atoms with Gasteiger partial charge in [-0.2, -0.15) is 0 Å². The Morgan fingerprint density at radius 2 is 2.27 bits per heavy atom. The first-order valence-corrected chi connectivity index (χ1v) is 4.74. The molecule has 0 aliphatic carbocycles. The molecule has 0 saturated carbocycles. The van der Waals surface area contributed by atoms with Crippen LogP contribution in [0.15, 0.2) is 18.2 Å². The second-order valence-electron chi connectivity index (χ2n) is 3.08. The van der Waals surface area contributed by atoms with Gasteiger partial charge in [0, 0.05) is 29.3 Å². The Kier molecular flexibility index (Phi) is 4.02. The lowest BCUT2D eigenvalue weighted by Crippen LogP contribution is -2.13. The minimum Gasteiger partial charge on any atom is -0.396 e. The summed E-state index contributed by atoms with van der Waals surface area (Å²) in [6.07, 6.45) is 0.265. The van der Waals surface area contributed by atoms with E-state index in [2.05, 4.69) is 0 Å². The lowest BCUT2D eigenvalue weighted by atomic mass is 10.0. The Hall–Kier alpha value is -1.17. The van der Waals surface area contributed by atoms with Gasteiger partial charge in [0.1, 0.15) is 0 Å². The van der Waals surface area contributed by atoms with Crippen molar-refractivity contribution in [3.05, 3.63) is 38.9 Å². The predicted molar refractivity (Wildman–Crippen MR) is 56.7 cm³/mol. The highest BCUT2D eigenvalue weighted by Gasteiger charge is 2.19. The van der Waals surface area contributed by atoms with Crippen molar-refractivity contribution in [3.8, 4) is 0 Å². The summed E-state index contributed by atoms with van der Waals surface area (Å²) in [5.74, 6) is 0. The zero-order valence-corrected chi connectivity index (χ0v) is 8.65. The van der Waals surface area contributed by atoms with Crippen molar-refractivity contribution >= 4 is 17.3 Å². The van der Waals surface area contributed by atoms with Gasteiger partial charge in [-0.3, -0.25) is 10.1 Å². The third-order valence-electron chi connectivity index (χ3n) is 2.03. The Morgan fingerprint density at radius 1 is 1.60 bits per heavy atom. The molecule has 0 aromatic heterocycles. The van der Waals surface area contributed by atoms with Crippen molar-refractivity contribution in [2.75, 3.05) is 6.61 Å². The van der Waals surface area contributed by atoms with Crippen LogP contribution in [0.1, 0.15) is 18.0 Å². The van der Waals surface area contributed by atoms with Crippen LogP contribution in [0, 0.1) is 10.1 Å². The topological polar surface area (TPSA) is 89.4 Å². The van der Waals surface area contributed by atoms with E-state index in [4.69, 9.17) is 22.4 Å². The minimum absolute atomic E-state index is 0.0691. The van der Waals surface area contributed by atoms with Crippen LogP contribution in [0.5, 0.6) is 0 Å². The maximum atomic E-state index is 10.7. The van der Waals surface area contributed by atoms with Crippen LogP contribution >= 0.6 is 11.6 Å². The average molecular weight is 231 g/mol. The monoisotopic (exact) mass is 230 g/mol. The summed E-state index contributed by atoms with van der Waals surface area (Å²) in [6.45, 7) is -0.120. The number of nitro benzene ring substituents is 1. The number of rotatable bonds is 4. The van der Waals surface area contributed by atoms with Crippen LogP contribution in [0.3, 0.4) is 0 Å². The molecule has 1 atom stereocenters. The molecule has 15 heavy (non-hydrogen) atoms. The highest BCUT2D eigenvalue weighted by atomic mass is 35.5. The van der Waals surface area contributed by atoms with E-state index in [0.717, 1.165) is 0 Å². The highest BCUT2D eigenvalue weighted by Crippen LogP contribution is 2.28. The molecular weight excluding hydrogens is 220 g/mol. The number of nitrogens with zero attached hydrogens (tertiary/aromatic N) is 1. The molecule has 0 heterocycles. The van der Waals surface area contributed by atoms with Gasteiger partial charge in [0.05, 0.1) is 4.92 Å². The molecule has 1 aromatic rings. The van der Waals surface area contributed by atoms with Gasteiger partial charge in [-0.15, -0.1) is 0 Å². The fourth-order valence-corrected chi connectivity index (χ4v) is 1.46. The number of halogens is 1. The van der Waals surface area contributed by atoms with E-state index >= 15 is 0 Å². The fourth-order valence-electron chi connectivity index (χ4n) is 1.28. The minimum atomic E-state index is -0.575. The molecule has 1 aromatic carbocycles. The number of nitro groups is 1. The van der Waals surface area contributed by atoms with Crippen molar-refractivity contribution < 1.29 is 10.0 Å². The summed E-state index contributed by atoms with van der Waals surface area (Å²) < 4.78 is 0. The molecule has 3 N–H and O–H groups in total. The highest BCUT2D eigenvalue weighted by molar-refractivity contribution is 6.30. The molecule has 1 rings (SSSR count). The zero-order valence-electron chi connectivity index (χ0n) is 7.89. The average Bonchev–Trinajstić information content (AvgIpc) is 2.17. The summed E-state index contributed by atoms with van der Waals surface area (Å²) in [6, 6.07) is 3.64. The van der Waals surface area contributed by atoms with Crippen LogP contribution < -0.4 is 5.73 Å². The van der Waals surface area contributed by atoms with Gasteiger partial charge in [0.25, 0.3) is 5.69 Å². The van der Waals surface area contributed by atoms with Crippen LogP contribution in [0.2, 0.25) is 5.02 Å². The molecule has 0 bridgehead atoms. The van der Waals surface area contributed by atoms with Crippen molar-refractivity contribution in [2.24, 2.45) is 5.73 Å². The van der Waals surface area contributed by atoms with Gasteiger partial charge >= 0.3 is 0 Å². The Morgan fingerprint density at radius 3 is 2.80 bits per heavy atom. The lowest BCUT2D eigenvalue weighted by molar-refractivity contribution is -0.385. The Bertz CT molecular complexity index is 370. The first-order chi connectivity index (χ1) is 7.06. The van der Waals surface area contributed by atoms with Crippen molar-refractivity contribution in [2.45, 2.75) is 12.5 Å². The number of benzene rings is 1. The summed E-state index contributed by atoms with van der Waals surface area (Å²) in [7, 11) is 0. The molecule has 0 aliphatic heterocycles. The summed E-state index contributed by atoms with van der Waals surface area (Å²) in [5, 5.41) is 19.8. The summed E-state index contributed by atoms with van der Waals surface area (Å²) in [4.78, 5) is 10.2. The van der Waals surface area contributed by atoms with E-state index in [1.54, 1.807) is 0 Å². The maximum absolute atomic E-state index is 10.7. The third kappa shape index (κ3) is 2.89. The second kappa shape index (κ2) is 5.06. The molecule has 0 aliphatic rings. The normalized spacial score (nSPS) is 12.5. The summed E-state index contributed by atoms with van der Waals surface area (Å²) >= 11 is 5.73. The lowest BCUT2D eigenvalue weighted by Gasteiger charge is -2.10. The van der Waals surface area contributed by atoms with Crippen molar-refractivity contribution in [3.63, 3.8) is 0 Å². The third-order valence-corrected chi connectivity index (χ3v) is 2.26. The van der Waals surface area contributed by atoms with E-state index in [1.165, 1.54) is 18.2 Å². The van der Waals surface area contributed by atoms with Gasteiger partial charge in [-0.25, -0.2) is 0 Å². The molecule has 5 nitrogen and oxygen atoms in total. The van der Waals surface area contributed by atoms with Crippen molar-refractivity contribution in [1.82, 2.24) is 0 Å². The van der Waals surface area contributed by atoms with E-state index in [1.807, 2.05) is 0 Å². The van der Waals surface area contributed by atoms with Crippen LogP contribution in [-0.2, 0) is 0 Å². The van der Waals surface area contributed by atoms with E-state index in [9.17, 15) is 10.1 Å². The Labute approximate surface area is 91.6 Å². The molecule has 0 unspecified atom stereocenters. The number of hydrogen-bond donors (Lipinski definition) is 2. The second-order valence-corrected chi connectivity index (χ2v) is 3.52. The van der Waals surface area contributed by atoms with Crippen LogP contribution in [0.4, 0.5) is 5.69 Å². The van der Waals surface area contributed by atoms with E-state index in [0.29, 0.717) is 10.6 Å². The van der Waals surface area contributed by atoms with Gasteiger partial charge in [-0.05, 0) is 18.6 Å². The number of aliphatic hydroxyl groups is 1. The Balaban J connectivity index is 3.12. The molecule has 6 heteroatoms. The van der Waals surface area contributed by atoms with Gasteiger partial charge < -0.3 is 10.8 Å².